The zero-order chi connectivity index (χ0) is 26.2. The van der Waals surface area contributed by atoms with Crippen molar-refractivity contribution in [1.82, 2.24) is 4.90 Å². The van der Waals surface area contributed by atoms with Gasteiger partial charge in [-0.05, 0) is 71.7 Å². The van der Waals surface area contributed by atoms with Crippen molar-refractivity contribution in [3.63, 3.8) is 0 Å². The fourth-order valence-electron chi connectivity index (χ4n) is 4.57. The molecule has 1 N–H and O–H groups in total. The Labute approximate surface area is 212 Å². The second kappa shape index (κ2) is 9.73. The van der Waals surface area contributed by atoms with Crippen LogP contribution in [0.4, 0.5) is 4.39 Å². The fourth-order valence-corrected chi connectivity index (χ4v) is 4.57. The highest BCUT2D eigenvalue weighted by atomic mass is 19.1. The van der Waals surface area contributed by atoms with Crippen LogP contribution in [0.25, 0.3) is 5.76 Å². The lowest BCUT2D eigenvalue weighted by Gasteiger charge is -2.26. The molecule has 1 saturated heterocycles. The Kier molecular flexibility index (Phi) is 6.85. The summed E-state index contributed by atoms with van der Waals surface area (Å²) in [7, 11) is 0. The van der Waals surface area contributed by atoms with Crippen LogP contribution in [0, 0.1) is 19.7 Å². The van der Waals surface area contributed by atoms with E-state index in [-0.39, 0.29) is 29.1 Å². The number of aryl methyl sites for hydroxylation is 2. The molecular weight excluding hydrogens is 453 g/mol. The Bertz CT molecular complexity index is 1330. The highest BCUT2D eigenvalue weighted by molar-refractivity contribution is 6.46. The molecule has 1 fully saturated rings. The fraction of sp³-hybridized carbons (Fsp3) is 0.290. The third-order valence-corrected chi connectivity index (χ3v) is 6.97. The maximum Gasteiger partial charge on any atom is 0.295 e. The van der Waals surface area contributed by atoms with Crippen molar-refractivity contribution < 1.29 is 19.1 Å². The predicted octanol–water partition coefficient (Wildman–Crippen LogP) is 6.40. The molecule has 1 unspecified atom stereocenters. The normalized spacial score (nSPS) is 17.6. The first kappa shape index (κ1) is 25.4. The molecule has 36 heavy (non-hydrogen) atoms. The number of aliphatic hydroxyl groups is 1. The van der Waals surface area contributed by atoms with Crippen molar-refractivity contribution in [2.24, 2.45) is 0 Å². The molecule has 3 aromatic rings. The number of carbonyl (C=O) groups excluding carboxylic acids is 2. The Balaban J connectivity index is 1.79. The summed E-state index contributed by atoms with van der Waals surface area (Å²) in [4.78, 5) is 28.0. The van der Waals surface area contributed by atoms with Gasteiger partial charge >= 0.3 is 0 Å². The molecule has 5 heteroatoms. The van der Waals surface area contributed by atoms with Gasteiger partial charge in [-0.1, -0.05) is 69.3 Å². The zero-order valence-corrected chi connectivity index (χ0v) is 21.4. The van der Waals surface area contributed by atoms with E-state index in [0.717, 1.165) is 27.8 Å². The van der Waals surface area contributed by atoms with E-state index in [2.05, 4.69) is 20.8 Å². The van der Waals surface area contributed by atoms with E-state index in [1.165, 1.54) is 17.0 Å². The van der Waals surface area contributed by atoms with E-state index in [4.69, 9.17) is 0 Å². The van der Waals surface area contributed by atoms with Crippen LogP contribution in [0.15, 0.2) is 72.3 Å². The van der Waals surface area contributed by atoms with Crippen molar-refractivity contribution in [3.8, 4) is 0 Å². The van der Waals surface area contributed by atoms with Crippen LogP contribution in [0.5, 0.6) is 0 Å². The van der Waals surface area contributed by atoms with Gasteiger partial charge in [0.05, 0.1) is 11.6 Å². The Morgan fingerprint density at radius 2 is 1.56 bits per heavy atom. The van der Waals surface area contributed by atoms with E-state index < -0.39 is 17.7 Å². The molecule has 0 bridgehead atoms. The number of ketones is 1. The number of nitrogens with zero attached hydrogens (tertiary/aromatic N) is 1. The number of amides is 1. The number of halogens is 1. The van der Waals surface area contributed by atoms with Crippen LogP contribution in [0.2, 0.25) is 0 Å². The molecule has 1 amide bonds. The van der Waals surface area contributed by atoms with Gasteiger partial charge in [-0.25, -0.2) is 4.39 Å². The molecule has 4 rings (SSSR count). The van der Waals surface area contributed by atoms with Gasteiger partial charge < -0.3 is 10.0 Å². The quantitative estimate of drug-likeness (QED) is 0.258. The third-order valence-electron chi connectivity index (χ3n) is 6.97. The summed E-state index contributed by atoms with van der Waals surface area (Å²) in [5, 5.41) is 11.3. The molecule has 186 valence electrons. The molecule has 0 spiro atoms. The first-order valence-corrected chi connectivity index (χ1v) is 12.2. The summed E-state index contributed by atoms with van der Waals surface area (Å²) >= 11 is 0. The minimum absolute atomic E-state index is 0.0532. The number of likely N-dealkylation sites (tertiary alicyclic amines) is 1. The summed E-state index contributed by atoms with van der Waals surface area (Å²) in [5.74, 6) is -1.85. The smallest absolute Gasteiger partial charge is 0.295 e. The average Bonchev–Trinajstić information content (AvgIpc) is 3.09. The van der Waals surface area contributed by atoms with Crippen LogP contribution < -0.4 is 0 Å². The standard InChI is InChI=1S/C31H32FNO3/c1-19-6-9-23(18-20(19)2)28(34)26-27(22-10-12-24(13-11-22)31(3,4)5)33(30(36)29(26)35)17-16-21-7-14-25(32)15-8-21/h6-15,18,27,34H,16-17H2,1-5H3/b28-26-. The van der Waals surface area contributed by atoms with Crippen molar-refractivity contribution in [3.05, 3.63) is 112 Å². The van der Waals surface area contributed by atoms with E-state index in [9.17, 15) is 19.1 Å². The summed E-state index contributed by atoms with van der Waals surface area (Å²) in [5.41, 5.74) is 5.33. The molecule has 1 aliphatic heterocycles. The van der Waals surface area contributed by atoms with Gasteiger partial charge in [0.25, 0.3) is 11.7 Å². The first-order chi connectivity index (χ1) is 17.0. The van der Waals surface area contributed by atoms with E-state index >= 15 is 0 Å². The molecule has 1 atom stereocenters. The van der Waals surface area contributed by atoms with Gasteiger partial charge in [0.1, 0.15) is 11.6 Å². The highest BCUT2D eigenvalue weighted by Crippen LogP contribution is 2.40. The topological polar surface area (TPSA) is 57.6 Å². The SMILES string of the molecule is Cc1ccc(/C(O)=C2/C(=O)C(=O)N(CCc3ccc(F)cc3)C2c2ccc(C(C)(C)C)cc2)cc1C. The molecule has 4 nitrogen and oxygen atoms in total. The third kappa shape index (κ3) is 4.97. The lowest BCUT2D eigenvalue weighted by atomic mass is 9.85. The number of hydrogen-bond donors (Lipinski definition) is 1. The molecular formula is C31H32FNO3. The van der Waals surface area contributed by atoms with Gasteiger partial charge in [-0.2, -0.15) is 0 Å². The van der Waals surface area contributed by atoms with Crippen LogP contribution in [-0.2, 0) is 21.4 Å². The molecule has 0 aromatic heterocycles. The Hall–Kier alpha value is -3.73. The van der Waals surface area contributed by atoms with Crippen LogP contribution in [0.1, 0.15) is 60.2 Å². The molecule has 3 aromatic carbocycles. The van der Waals surface area contributed by atoms with E-state index in [1.807, 2.05) is 50.2 Å². The number of rotatable bonds is 5. The van der Waals surface area contributed by atoms with Gasteiger partial charge in [0.15, 0.2) is 0 Å². The van der Waals surface area contributed by atoms with Gasteiger partial charge in [-0.15, -0.1) is 0 Å². The lowest BCUT2D eigenvalue weighted by molar-refractivity contribution is -0.139. The number of carbonyl (C=O) groups is 2. The number of benzene rings is 3. The van der Waals surface area contributed by atoms with Crippen molar-refractivity contribution in [2.75, 3.05) is 6.54 Å². The monoisotopic (exact) mass is 485 g/mol. The zero-order valence-electron chi connectivity index (χ0n) is 21.4. The lowest BCUT2D eigenvalue weighted by Crippen LogP contribution is -2.31. The average molecular weight is 486 g/mol. The van der Waals surface area contributed by atoms with Crippen molar-refractivity contribution >= 4 is 17.4 Å². The first-order valence-electron chi connectivity index (χ1n) is 12.2. The van der Waals surface area contributed by atoms with Crippen LogP contribution in [-0.4, -0.2) is 28.2 Å². The maximum atomic E-state index is 13.4. The molecule has 1 aliphatic rings. The van der Waals surface area contributed by atoms with Crippen molar-refractivity contribution in [1.29, 1.82) is 0 Å². The van der Waals surface area contributed by atoms with Crippen LogP contribution in [0.3, 0.4) is 0 Å². The van der Waals surface area contributed by atoms with Gasteiger partial charge in [0, 0.05) is 12.1 Å². The summed E-state index contributed by atoms with van der Waals surface area (Å²) in [6.45, 7) is 10.5. The maximum absolute atomic E-state index is 13.4. The Morgan fingerprint density at radius 3 is 2.14 bits per heavy atom. The molecule has 0 aliphatic carbocycles. The highest BCUT2D eigenvalue weighted by Gasteiger charge is 2.45. The number of hydrogen-bond acceptors (Lipinski definition) is 3. The minimum atomic E-state index is -0.721. The summed E-state index contributed by atoms with van der Waals surface area (Å²) < 4.78 is 13.4. The number of aliphatic hydroxyl groups excluding tert-OH is 1. The largest absolute Gasteiger partial charge is 0.507 e. The van der Waals surface area contributed by atoms with E-state index in [0.29, 0.717) is 12.0 Å². The second-order valence-corrected chi connectivity index (χ2v) is 10.5. The molecule has 1 heterocycles. The van der Waals surface area contributed by atoms with Gasteiger partial charge in [-0.3, -0.25) is 9.59 Å². The Morgan fingerprint density at radius 1 is 0.917 bits per heavy atom. The summed E-state index contributed by atoms with van der Waals surface area (Å²) in [6, 6.07) is 18.7. The molecule has 0 radical (unpaired) electrons. The van der Waals surface area contributed by atoms with Crippen molar-refractivity contribution in [2.45, 2.75) is 52.5 Å². The predicted molar refractivity (Wildman–Crippen MR) is 140 cm³/mol. The van der Waals surface area contributed by atoms with E-state index in [1.54, 1.807) is 18.2 Å². The second-order valence-electron chi connectivity index (χ2n) is 10.5. The molecule has 0 saturated carbocycles. The van der Waals surface area contributed by atoms with Gasteiger partial charge in [0.2, 0.25) is 0 Å². The number of Topliss-reactive ketones (excluding diaryl/α,β-unsaturated/α-hetero) is 1. The minimum Gasteiger partial charge on any atom is -0.507 e. The van der Waals surface area contributed by atoms with Crippen LogP contribution >= 0.6 is 0 Å². The summed E-state index contributed by atoms with van der Waals surface area (Å²) in [6.07, 6.45) is 0.452.